The van der Waals surface area contributed by atoms with Crippen LogP contribution in [0.25, 0.3) is 0 Å². The van der Waals surface area contributed by atoms with Gasteiger partial charge in [0.05, 0.1) is 13.2 Å². The zero-order valence-corrected chi connectivity index (χ0v) is 11.7. The molecule has 2 rings (SSSR count). The number of anilines is 1. The third-order valence-electron chi connectivity index (χ3n) is 3.18. The van der Waals surface area contributed by atoms with Crippen LogP contribution < -0.4 is 10.2 Å². The fourth-order valence-corrected chi connectivity index (χ4v) is 2.04. The van der Waals surface area contributed by atoms with Crippen LogP contribution in [0.3, 0.4) is 0 Å². The Hall–Kier alpha value is -1.18. The number of aromatic nitrogens is 2. The molecule has 108 valence electrons. The van der Waals surface area contributed by atoms with Crippen molar-refractivity contribution in [2.45, 2.75) is 26.4 Å². The lowest BCUT2D eigenvalue weighted by Gasteiger charge is -2.33. The van der Waals surface area contributed by atoms with Gasteiger partial charge in [-0.25, -0.2) is 0 Å². The maximum atomic E-state index is 8.91. The quantitative estimate of drug-likeness (QED) is 0.733. The highest BCUT2D eigenvalue weighted by Gasteiger charge is 2.20. The van der Waals surface area contributed by atoms with E-state index >= 15 is 0 Å². The molecule has 0 atom stereocenters. The Morgan fingerprint density at radius 3 is 2.63 bits per heavy atom. The number of hydrogen-bond acceptors (Lipinski definition) is 7. The van der Waals surface area contributed by atoms with E-state index < -0.39 is 0 Å². The van der Waals surface area contributed by atoms with Gasteiger partial charge in [0.15, 0.2) is 0 Å². The van der Waals surface area contributed by atoms with Crippen LogP contribution in [0, 0.1) is 0 Å². The fraction of sp³-hybridized carbons (Fsp3) is 0.833. The Kier molecular flexibility index (Phi) is 5.12. The van der Waals surface area contributed by atoms with Gasteiger partial charge in [0.1, 0.15) is 0 Å². The molecule has 0 aromatic carbocycles. The minimum atomic E-state index is 0.214. The predicted molar refractivity (Wildman–Crippen MR) is 72.0 cm³/mol. The largest absolute Gasteiger partial charge is 0.407 e. The monoisotopic (exact) mass is 269 g/mol. The molecule has 1 fully saturated rings. The summed E-state index contributed by atoms with van der Waals surface area (Å²) >= 11 is 0. The first-order valence-electron chi connectivity index (χ1n) is 6.83. The number of β-amino-alcohol motifs (C(OH)–C–C–N with tert-alkyl or cyclic N) is 1. The lowest BCUT2D eigenvalue weighted by Crippen LogP contribution is -2.47. The smallest absolute Gasteiger partial charge is 0.318 e. The third kappa shape index (κ3) is 4.15. The average molecular weight is 269 g/mol. The summed E-state index contributed by atoms with van der Waals surface area (Å²) in [6.07, 6.45) is 0. The van der Waals surface area contributed by atoms with Crippen molar-refractivity contribution in [1.82, 2.24) is 20.4 Å². The van der Waals surface area contributed by atoms with Crippen molar-refractivity contribution < 1.29 is 9.52 Å². The fourth-order valence-electron chi connectivity index (χ4n) is 2.04. The molecule has 0 bridgehead atoms. The van der Waals surface area contributed by atoms with Gasteiger partial charge in [0.2, 0.25) is 5.89 Å². The molecular weight excluding hydrogens is 246 g/mol. The summed E-state index contributed by atoms with van der Waals surface area (Å²) in [5.41, 5.74) is 0. The van der Waals surface area contributed by atoms with Gasteiger partial charge in [-0.3, -0.25) is 4.90 Å². The van der Waals surface area contributed by atoms with E-state index in [2.05, 4.69) is 39.2 Å². The first-order chi connectivity index (χ1) is 9.19. The van der Waals surface area contributed by atoms with Gasteiger partial charge in [0.25, 0.3) is 0 Å². The number of rotatable bonds is 6. The topological polar surface area (TPSA) is 77.7 Å². The molecule has 0 radical (unpaired) electrons. The predicted octanol–water partition coefficient (Wildman–Crippen LogP) is -0.318. The average Bonchev–Trinajstić information content (AvgIpc) is 2.86. The summed E-state index contributed by atoms with van der Waals surface area (Å²) in [6.45, 7) is 9.28. The van der Waals surface area contributed by atoms with Crippen molar-refractivity contribution in [2.24, 2.45) is 0 Å². The van der Waals surface area contributed by atoms with Crippen molar-refractivity contribution in [2.75, 3.05) is 44.2 Å². The molecule has 7 nitrogen and oxygen atoms in total. The molecule has 19 heavy (non-hydrogen) atoms. The van der Waals surface area contributed by atoms with E-state index in [0.717, 1.165) is 32.7 Å². The Balaban J connectivity index is 1.82. The summed E-state index contributed by atoms with van der Waals surface area (Å²) in [5.74, 6) is 0.626. The molecule has 1 aromatic heterocycles. The second-order valence-electron chi connectivity index (χ2n) is 5.07. The second kappa shape index (κ2) is 6.83. The van der Waals surface area contributed by atoms with E-state index in [0.29, 0.717) is 24.5 Å². The normalized spacial score (nSPS) is 17.4. The summed E-state index contributed by atoms with van der Waals surface area (Å²) in [5, 5.41) is 20.3. The molecule has 7 heteroatoms. The van der Waals surface area contributed by atoms with E-state index in [9.17, 15) is 0 Å². The summed E-state index contributed by atoms with van der Waals surface area (Å²) < 4.78 is 5.64. The Bertz CT molecular complexity index is 374. The standard InChI is InChI=1S/C12H23N5O2/c1-10(2)13-9-11-14-15-12(19-11)17-5-3-16(4-6-17)7-8-18/h10,13,18H,3-9H2,1-2H3. The van der Waals surface area contributed by atoms with E-state index in [1.54, 1.807) is 0 Å². The number of nitrogens with one attached hydrogen (secondary N) is 1. The Labute approximate surface area is 113 Å². The first kappa shape index (κ1) is 14.2. The molecule has 1 aliphatic rings. The van der Waals surface area contributed by atoms with Crippen LogP contribution in [0.4, 0.5) is 6.01 Å². The van der Waals surface area contributed by atoms with Gasteiger partial charge in [-0.15, -0.1) is 5.10 Å². The lowest BCUT2D eigenvalue weighted by atomic mass is 10.3. The highest BCUT2D eigenvalue weighted by Crippen LogP contribution is 2.14. The Morgan fingerprint density at radius 2 is 2.00 bits per heavy atom. The van der Waals surface area contributed by atoms with Crippen molar-refractivity contribution in [3.8, 4) is 0 Å². The van der Waals surface area contributed by atoms with Crippen LogP contribution >= 0.6 is 0 Å². The van der Waals surface area contributed by atoms with Gasteiger partial charge in [-0.1, -0.05) is 18.9 Å². The molecule has 2 N–H and O–H groups in total. The summed E-state index contributed by atoms with van der Waals surface area (Å²) in [4.78, 5) is 4.33. The van der Waals surface area contributed by atoms with Crippen molar-refractivity contribution >= 4 is 6.01 Å². The van der Waals surface area contributed by atoms with Crippen molar-refractivity contribution in [1.29, 1.82) is 0 Å². The SMILES string of the molecule is CC(C)NCc1nnc(N2CCN(CCO)CC2)o1. The zero-order chi connectivity index (χ0) is 13.7. The van der Waals surface area contributed by atoms with E-state index in [4.69, 9.17) is 9.52 Å². The Morgan fingerprint density at radius 1 is 1.26 bits per heavy atom. The molecule has 1 aromatic rings. The van der Waals surface area contributed by atoms with Crippen molar-refractivity contribution in [3.05, 3.63) is 5.89 Å². The molecule has 0 saturated carbocycles. The van der Waals surface area contributed by atoms with Gasteiger partial charge in [-0.05, 0) is 0 Å². The van der Waals surface area contributed by atoms with E-state index in [1.165, 1.54) is 0 Å². The molecule has 0 spiro atoms. The van der Waals surface area contributed by atoms with Crippen LogP contribution in [-0.2, 0) is 6.54 Å². The zero-order valence-electron chi connectivity index (χ0n) is 11.7. The lowest BCUT2D eigenvalue weighted by molar-refractivity contribution is 0.187. The van der Waals surface area contributed by atoms with Crippen LogP contribution in [0.15, 0.2) is 4.42 Å². The number of hydrogen-bond donors (Lipinski definition) is 2. The number of piperazine rings is 1. The van der Waals surface area contributed by atoms with Gasteiger partial charge >= 0.3 is 6.01 Å². The maximum absolute atomic E-state index is 8.91. The molecule has 0 amide bonds. The van der Waals surface area contributed by atoms with Crippen LogP contribution in [0.1, 0.15) is 19.7 Å². The first-order valence-corrected chi connectivity index (χ1v) is 6.83. The molecule has 2 heterocycles. The van der Waals surface area contributed by atoms with E-state index in [1.807, 2.05) is 0 Å². The molecule has 0 unspecified atom stereocenters. The summed E-state index contributed by atoms with van der Waals surface area (Å²) in [7, 11) is 0. The third-order valence-corrected chi connectivity index (χ3v) is 3.18. The van der Waals surface area contributed by atoms with Crippen LogP contribution in [-0.4, -0.2) is 65.6 Å². The summed E-state index contributed by atoms with van der Waals surface area (Å²) in [6, 6.07) is 1.00. The van der Waals surface area contributed by atoms with E-state index in [-0.39, 0.29) is 6.61 Å². The maximum Gasteiger partial charge on any atom is 0.318 e. The van der Waals surface area contributed by atoms with Gasteiger partial charge in [0, 0.05) is 38.8 Å². The highest BCUT2D eigenvalue weighted by molar-refractivity contribution is 5.25. The molecule has 1 saturated heterocycles. The minimum absolute atomic E-state index is 0.214. The molecule has 1 aliphatic heterocycles. The molecule has 0 aliphatic carbocycles. The van der Waals surface area contributed by atoms with Gasteiger partial charge < -0.3 is 19.7 Å². The van der Waals surface area contributed by atoms with Gasteiger partial charge in [-0.2, -0.15) is 0 Å². The number of aliphatic hydroxyl groups is 1. The minimum Gasteiger partial charge on any atom is -0.407 e. The highest BCUT2D eigenvalue weighted by atomic mass is 16.4. The molecular formula is C12H23N5O2. The van der Waals surface area contributed by atoms with Crippen molar-refractivity contribution in [3.63, 3.8) is 0 Å². The van der Waals surface area contributed by atoms with Crippen LogP contribution in [0.5, 0.6) is 0 Å². The second-order valence-corrected chi connectivity index (χ2v) is 5.07. The number of nitrogens with zero attached hydrogens (tertiary/aromatic N) is 4. The number of aliphatic hydroxyl groups excluding tert-OH is 1. The van der Waals surface area contributed by atoms with Crippen LogP contribution in [0.2, 0.25) is 0 Å².